The molecule has 0 spiro atoms. The predicted octanol–water partition coefficient (Wildman–Crippen LogP) is 15.8. The summed E-state index contributed by atoms with van der Waals surface area (Å²) >= 11 is 0. The lowest BCUT2D eigenvalue weighted by atomic mass is 9.58. The Hall–Kier alpha value is -0.0400. The zero-order valence-corrected chi connectivity index (χ0v) is 37.6. The maximum Gasteiger partial charge on any atom is 0.0104 e. The number of rotatable bonds is 7. The van der Waals surface area contributed by atoms with Crippen LogP contribution in [0.3, 0.4) is 0 Å². The highest BCUT2D eigenvalue weighted by atomic mass is 15.2. The quantitative estimate of drug-likeness (QED) is 0.249. The Morgan fingerprint density at radius 2 is 0.561 bits per heavy atom. The van der Waals surface area contributed by atoms with Gasteiger partial charge in [-0.3, -0.25) is 4.90 Å². The highest BCUT2D eigenvalue weighted by Crippen LogP contribution is 2.62. The van der Waals surface area contributed by atoms with E-state index < -0.39 is 0 Å². The van der Waals surface area contributed by atoms with E-state index in [-0.39, 0.29) is 0 Å². The van der Waals surface area contributed by atoms with E-state index in [0.717, 1.165) is 113 Å². The van der Waals surface area contributed by atoms with Gasteiger partial charge in [0, 0.05) is 18.1 Å². The lowest BCUT2D eigenvalue weighted by Gasteiger charge is -2.52. The first kappa shape index (κ1) is 39.8. The molecule has 322 valence electrons. The standard InChI is InChI=1S/C56H93N/c1-3-10-38(11-4-1)41-22-27-51(28-23-41)57(53-31-26-40-14-7-8-15-43(40)36-53)52-29-24-42(25-30-52)45-19-21-47-33-48-16-9-17-54(56(48)55(47)37-45)46-20-18-44-32-49(35-50(44)34-46)39-12-5-2-6-13-39/h38-56H,1-37H2. The second-order valence-electron chi connectivity index (χ2n) is 25.1. The highest BCUT2D eigenvalue weighted by Gasteiger charge is 2.54. The second kappa shape index (κ2) is 18.0. The lowest BCUT2D eigenvalue weighted by molar-refractivity contribution is -0.0258. The molecule has 13 unspecified atom stereocenters. The minimum Gasteiger partial charge on any atom is -0.294 e. The summed E-state index contributed by atoms with van der Waals surface area (Å²) in [5.41, 5.74) is 0. The van der Waals surface area contributed by atoms with E-state index in [0.29, 0.717) is 0 Å². The summed E-state index contributed by atoms with van der Waals surface area (Å²) in [6.45, 7) is 0. The second-order valence-corrected chi connectivity index (χ2v) is 25.1. The van der Waals surface area contributed by atoms with Crippen molar-refractivity contribution in [1.82, 2.24) is 4.90 Å². The van der Waals surface area contributed by atoms with Crippen LogP contribution in [0.2, 0.25) is 0 Å². The number of nitrogens with zero attached hydrogens (tertiary/aromatic N) is 1. The lowest BCUT2D eigenvalue weighted by Crippen LogP contribution is -2.54. The minimum absolute atomic E-state index is 0.931. The Morgan fingerprint density at radius 1 is 0.193 bits per heavy atom. The summed E-state index contributed by atoms with van der Waals surface area (Å²) in [7, 11) is 0. The van der Waals surface area contributed by atoms with Crippen LogP contribution in [0.1, 0.15) is 238 Å². The normalized spacial score (nSPS) is 50.2. The molecule has 11 aliphatic carbocycles. The molecule has 0 aliphatic heterocycles. The van der Waals surface area contributed by atoms with Gasteiger partial charge in [-0.15, -0.1) is 0 Å². The van der Waals surface area contributed by atoms with E-state index in [9.17, 15) is 0 Å². The van der Waals surface area contributed by atoms with E-state index in [1.165, 1.54) is 32.1 Å². The molecule has 11 aliphatic rings. The number of fused-ring (bicyclic) bond motifs is 5. The van der Waals surface area contributed by atoms with Crippen LogP contribution < -0.4 is 0 Å². The Balaban J connectivity index is 0.727. The van der Waals surface area contributed by atoms with Crippen LogP contribution in [0.4, 0.5) is 0 Å². The zero-order valence-electron chi connectivity index (χ0n) is 37.6. The van der Waals surface area contributed by atoms with Crippen molar-refractivity contribution in [2.45, 2.75) is 256 Å². The number of hydrogen-bond donors (Lipinski definition) is 0. The van der Waals surface area contributed by atoms with Crippen molar-refractivity contribution >= 4 is 0 Å². The third-order valence-corrected chi connectivity index (χ3v) is 22.9. The fourth-order valence-corrected chi connectivity index (χ4v) is 20.3. The molecule has 0 aromatic rings. The summed E-state index contributed by atoms with van der Waals surface area (Å²) in [4.78, 5) is 3.37. The Labute approximate surface area is 354 Å². The van der Waals surface area contributed by atoms with Crippen LogP contribution in [-0.4, -0.2) is 23.0 Å². The van der Waals surface area contributed by atoms with Crippen LogP contribution >= 0.6 is 0 Å². The summed E-state index contributed by atoms with van der Waals surface area (Å²) < 4.78 is 0. The van der Waals surface area contributed by atoms with Crippen LogP contribution in [0, 0.1) is 94.7 Å². The molecule has 57 heavy (non-hydrogen) atoms. The van der Waals surface area contributed by atoms with Gasteiger partial charge < -0.3 is 0 Å². The molecule has 11 saturated carbocycles. The maximum atomic E-state index is 3.37. The first-order valence-corrected chi connectivity index (χ1v) is 28.0. The highest BCUT2D eigenvalue weighted by molar-refractivity contribution is 5.04. The molecular formula is C56H93N. The van der Waals surface area contributed by atoms with Gasteiger partial charge in [0.2, 0.25) is 0 Å². The van der Waals surface area contributed by atoms with Crippen LogP contribution in [-0.2, 0) is 0 Å². The molecule has 1 heteroatoms. The van der Waals surface area contributed by atoms with Crippen LogP contribution in [0.25, 0.3) is 0 Å². The van der Waals surface area contributed by atoms with Crippen molar-refractivity contribution in [3.8, 4) is 0 Å². The molecule has 13 atom stereocenters. The molecule has 0 bridgehead atoms. The summed E-state index contributed by atoms with van der Waals surface area (Å²) in [6, 6.07) is 2.80. The van der Waals surface area contributed by atoms with Crippen molar-refractivity contribution in [2.75, 3.05) is 0 Å². The van der Waals surface area contributed by atoms with Gasteiger partial charge in [-0.1, -0.05) is 103 Å². The molecule has 0 N–H and O–H groups in total. The topological polar surface area (TPSA) is 3.24 Å². The molecule has 1 nitrogen and oxygen atoms in total. The molecule has 0 amide bonds. The first-order valence-electron chi connectivity index (χ1n) is 28.0. The van der Waals surface area contributed by atoms with Crippen molar-refractivity contribution in [3.05, 3.63) is 0 Å². The fraction of sp³-hybridized carbons (Fsp3) is 1.00. The van der Waals surface area contributed by atoms with E-state index in [2.05, 4.69) is 4.90 Å². The van der Waals surface area contributed by atoms with Crippen LogP contribution in [0.5, 0.6) is 0 Å². The molecule has 0 aromatic heterocycles. The summed E-state index contributed by atoms with van der Waals surface area (Å²) in [5.74, 6) is 17.8. The van der Waals surface area contributed by atoms with Gasteiger partial charge in [0.25, 0.3) is 0 Å². The van der Waals surface area contributed by atoms with Crippen molar-refractivity contribution in [1.29, 1.82) is 0 Å². The van der Waals surface area contributed by atoms with Gasteiger partial charge in [0.15, 0.2) is 0 Å². The Bertz CT molecular complexity index is 1260. The smallest absolute Gasteiger partial charge is 0.0104 e. The van der Waals surface area contributed by atoms with Gasteiger partial charge in [-0.25, -0.2) is 0 Å². The van der Waals surface area contributed by atoms with Gasteiger partial charge in [0.05, 0.1) is 0 Å². The van der Waals surface area contributed by atoms with Gasteiger partial charge in [-0.2, -0.15) is 0 Å². The number of hydrogen-bond acceptors (Lipinski definition) is 1. The largest absolute Gasteiger partial charge is 0.294 e. The van der Waals surface area contributed by atoms with Gasteiger partial charge >= 0.3 is 0 Å². The molecule has 0 heterocycles. The molecule has 11 rings (SSSR count). The maximum absolute atomic E-state index is 3.37. The molecule has 11 fully saturated rings. The average Bonchev–Trinajstić information content (AvgIpc) is 3.89. The van der Waals surface area contributed by atoms with Gasteiger partial charge in [-0.05, 0) is 230 Å². The third kappa shape index (κ3) is 8.32. The fourth-order valence-electron chi connectivity index (χ4n) is 20.3. The molecule has 0 radical (unpaired) electrons. The first-order chi connectivity index (χ1) is 28.2. The summed E-state index contributed by atoms with van der Waals surface area (Å²) in [6.07, 6.45) is 58.8. The molecule has 0 aromatic carbocycles. The third-order valence-electron chi connectivity index (χ3n) is 22.9. The van der Waals surface area contributed by atoms with Crippen LogP contribution in [0.15, 0.2) is 0 Å². The van der Waals surface area contributed by atoms with E-state index in [1.807, 2.05) is 0 Å². The van der Waals surface area contributed by atoms with Crippen molar-refractivity contribution in [3.63, 3.8) is 0 Å². The Morgan fingerprint density at radius 3 is 1.23 bits per heavy atom. The Kier molecular flexibility index (Phi) is 12.5. The molecular weight excluding hydrogens is 687 g/mol. The zero-order chi connectivity index (χ0) is 37.7. The van der Waals surface area contributed by atoms with Crippen molar-refractivity contribution in [2.24, 2.45) is 94.7 Å². The average molecular weight is 780 g/mol. The SMILES string of the molecule is C1CCC(C2CCC(N(C3CCC(C4CCC5CC6CCCC(C7CCC8CC(C9CCCCC9)CC8C7)C6C5C4)CC3)C3CCC4CCCCC4C3)CC2)CC1. The van der Waals surface area contributed by atoms with Gasteiger partial charge in [0.1, 0.15) is 0 Å². The van der Waals surface area contributed by atoms with E-state index in [1.54, 1.807) is 205 Å². The van der Waals surface area contributed by atoms with E-state index in [4.69, 9.17) is 0 Å². The minimum atomic E-state index is 0.931. The van der Waals surface area contributed by atoms with E-state index >= 15 is 0 Å². The predicted molar refractivity (Wildman–Crippen MR) is 240 cm³/mol. The summed E-state index contributed by atoms with van der Waals surface area (Å²) in [5, 5.41) is 0. The molecule has 0 saturated heterocycles. The van der Waals surface area contributed by atoms with Crippen molar-refractivity contribution < 1.29 is 0 Å². The monoisotopic (exact) mass is 780 g/mol.